The Kier molecular flexibility index (Phi) is 3.18. The molecule has 6 heteroatoms. The van der Waals surface area contributed by atoms with Gasteiger partial charge in [0.1, 0.15) is 18.1 Å². The van der Waals surface area contributed by atoms with Gasteiger partial charge in [-0.3, -0.25) is 0 Å². The zero-order valence-electron chi connectivity index (χ0n) is 11.5. The minimum Gasteiger partial charge on any atom is -0.476 e. The van der Waals surface area contributed by atoms with Gasteiger partial charge in [0, 0.05) is 5.41 Å². The molecule has 0 bridgehead atoms. The average Bonchev–Trinajstić information content (AvgIpc) is 2.84. The van der Waals surface area contributed by atoms with Crippen molar-refractivity contribution in [3.63, 3.8) is 0 Å². The molecule has 2 aromatic heterocycles. The van der Waals surface area contributed by atoms with E-state index in [-0.39, 0.29) is 11.1 Å². The number of aromatic nitrogens is 3. The Morgan fingerprint density at radius 3 is 2.58 bits per heavy atom. The summed E-state index contributed by atoms with van der Waals surface area (Å²) in [4.78, 5) is 11.2. The molecular weight excluding hydrogens is 246 g/mol. The van der Waals surface area contributed by atoms with Gasteiger partial charge in [0.05, 0.1) is 5.69 Å². The Hall–Kier alpha value is -2.11. The van der Waals surface area contributed by atoms with Crippen LogP contribution in [0.15, 0.2) is 16.5 Å². The van der Waals surface area contributed by atoms with Crippen molar-refractivity contribution in [3.05, 3.63) is 35.0 Å². The van der Waals surface area contributed by atoms with Gasteiger partial charge in [-0.1, -0.05) is 26.0 Å². The van der Waals surface area contributed by atoms with Crippen LogP contribution < -0.4 is 0 Å². The highest BCUT2D eigenvalue weighted by molar-refractivity contribution is 5.86. The number of carboxylic acids is 1. The van der Waals surface area contributed by atoms with Gasteiger partial charge in [-0.2, -0.15) is 0 Å². The molecule has 0 saturated carbocycles. The molecule has 2 rings (SSSR count). The summed E-state index contributed by atoms with van der Waals surface area (Å²) in [6.07, 6.45) is 0. The molecule has 0 aliphatic rings. The van der Waals surface area contributed by atoms with Gasteiger partial charge in [-0.15, -0.1) is 5.10 Å². The standard InChI is InChI=1S/C13H17N3O3/c1-8-5-6-9(19-8)7-16-11(13(2,3)4)10(12(17)18)14-15-16/h5-6H,7H2,1-4H3,(H,17,18). The van der Waals surface area contributed by atoms with E-state index in [1.54, 1.807) is 4.68 Å². The monoisotopic (exact) mass is 263 g/mol. The summed E-state index contributed by atoms with van der Waals surface area (Å²) in [5.74, 6) is 0.475. The fourth-order valence-electron chi connectivity index (χ4n) is 2.03. The van der Waals surface area contributed by atoms with Crippen LogP contribution in [0.5, 0.6) is 0 Å². The Balaban J connectivity index is 2.43. The number of aryl methyl sites for hydroxylation is 1. The van der Waals surface area contributed by atoms with Gasteiger partial charge in [0.25, 0.3) is 0 Å². The van der Waals surface area contributed by atoms with Crippen LogP contribution in [-0.2, 0) is 12.0 Å². The lowest BCUT2D eigenvalue weighted by atomic mass is 9.90. The van der Waals surface area contributed by atoms with Crippen LogP contribution in [0.1, 0.15) is 48.5 Å². The fourth-order valence-corrected chi connectivity index (χ4v) is 2.03. The highest BCUT2D eigenvalue weighted by atomic mass is 16.4. The minimum atomic E-state index is -1.06. The molecule has 0 amide bonds. The van der Waals surface area contributed by atoms with E-state index in [0.29, 0.717) is 12.2 Å². The van der Waals surface area contributed by atoms with E-state index >= 15 is 0 Å². The average molecular weight is 263 g/mol. The molecule has 0 aromatic carbocycles. The molecular formula is C13H17N3O3. The molecule has 0 fully saturated rings. The van der Waals surface area contributed by atoms with Gasteiger partial charge in [-0.25, -0.2) is 9.48 Å². The maximum absolute atomic E-state index is 11.2. The predicted octanol–water partition coefficient (Wildman–Crippen LogP) is 2.22. The Bertz CT molecular complexity index is 605. The quantitative estimate of drug-likeness (QED) is 0.918. The van der Waals surface area contributed by atoms with Crippen LogP contribution in [0.3, 0.4) is 0 Å². The maximum atomic E-state index is 11.2. The second-order valence-electron chi connectivity index (χ2n) is 5.51. The first-order valence-electron chi connectivity index (χ1n) is 6.01. The van der Waals surface area contributed by atoms with Crippen molar-refractivity contribution < 1.29 is 14.3 Å². The van der Waals surface area contributed by atoms with Gasteiger partial charge >= 0.3 is 5.97 Å². The summed E-state index contributed by atoms with van der Waals surface area (Å²) in [6.45, 7) is 8.03. The summed E-state index contributed by atoms with van der Waals surface area (Å²) < 4.78 is 7.07. The van der Waals surface area contributed by atoms with E-state index in [0.717, 1.165) is 11.5 Å². The van der Waals surface area contributed by atoms with Gasteiger partial charge in [-0.05, 0) is 19.1 Å². The summed E-state index contributed by atoms with van der Waals surface area (Å²) in [5, 5.41) is 16.9. The summed E-state index contributed by atoms with van der Waals surface area (Å²) in [5.41, 5.74) is 0.226. The van der Waals surface area contributed by atoms with Gasteiger partial charge in [0.15, 0.2) is 5.69 Å². The molecule has 102 valence electrons. The zero-order valence-corrected chi connectivity index (χ0v) is 11.5. The zero-order chi connectivity index (χ0) is 14.2. The van der Waals surface area contributed by atoms with E-state index in [1.165, 1.54) is 0 Å². The summed E-state index contributed by atoms with van der Waals surface area (Å²) in [7, 11) is 0. The summed E-state index contributed by atoms with van der Waals surface area (Å²) in [6, 6.07) is 3.71. The van der Waals surface area contributed by atoms with Crippen LogP contribution >= 0.6 is 0 Å². The normalized spacial score (nSPS) is 11.8. The van der Waals surface area contributed by atoms with Gasteiger partial charge in [0.2, 0.25) is 0 Å². The smallest absolute Gasteiger partial charge is 0.358 e. The molecule has 0 aliphatic heterocycles. The van der Waals surface area contributed by atoms with Crippen LogP contribution in [0.25, 0.3) is 0 Å². The number of rotatable bonds is 3. The van der Waals surface area contributed by atoms with Crippen molar-refractivity contribution in [2.24, 2.45) is 0 Å². The molecule has 19 heavy (non-hydrogen) atoms. The van der Waals surface area contributed by atoms with E-state index < -0.39 is 5.97 Å². The molecule has 2 aromatic rings. The lowest BCUT2D eigenvalue weighted by Gasteiger charge is -2.19. The molecule has 6 nitrogen and oxygen atoms in total. The molecule has 0 saturated heterocycles. The topological polar surface area (TPSA) is 81.2 Å². The second-order valence-corrected chi connectivity index (χ2v) is 5.51. The third-order valence-electron chi connectivity index (χ3n) is 2.75. The highest BCUT2D eigenvalue weighted by Crippen LogP contribution is 2.25. The highest BCUT2D eigenvalue weighted by Gasteiger charge is 2.29. The van der Waals surface area contributed by atoms with E-state index in [1.807, 2.05) is 39.8 Å². The number of aromatic carboxylic acids is 1. The van der Waals surface area contributed by atoms with Gasteiger partial charge < -0.3 is 9.52 Å². The van der Waals surface area contributed by atoms with Crippen molar-refractivity contribution in [3.8, 4) is 0 Å². The van der Waals surface area contributed by atoms with Crippen molar-refractivity contribution in [2.45, 2.75) is 39.7 Å². The first kappa shape index (κ1) is 13.3. The molecule has 0 aliphatic carbocycles. The lowest BCUT2D eigenvalue weighted by molar-refractivity contribution is 0.0687. The van der Waals surface area contributed by atoms with Crippen LogP contribution in [0.2, 0.25) is 0 Å². The molecule has 0 atom stereocenters. The molecule has 0 spiro atoms. The van der Waals surface area contributed by atoms with Crippen molar-refractivity contribution in [1.29, 1.82) is 0 Å². The number of carboxylic acid groups (broad SMARTS) is 1. The Labute approximate surface area is 111 Å². The van der Waals surface area contributed by atoms with Crippen molar-refractivity contribution in [1.82, 2.24) is 15.0 Å². The molecule has 1 N–H and O–H groups in total. The SMILES string of the molecule is Cc1ccc(Cn2nnc(C(=O)O)c2C(C)(C)C)o1. The largest absolute Gasteiger partial charge is 0.476 e. The molecule has 0 unspecified atom stereocenters. The molecule has 2 heterocycles. The van der Waals surface area contributed by atoms with Crippen LogP contribution in [0, 0.1) is 6.92 Å². The maximum Gasteiger partial charge on any atom is 0.358 e. The van der Waals surface area contributed by atoms with Crippen LogP contribution in [0.4, 0.5) is 0 Å². The Morgan fingerprint density at radius 1 is 1.42 bits per heavy atom. The number of carbonyl (C=O) groups is 1. The van der Waals surface area contributed by atoms with E-state index in [2.05, 4.69) is 10.3 Å². The third kappa shape index (κ3) is 2.67. The van der Waals surface area contributed by atoms with Crippen LogP contribution in [-0.4, -0.2) is 26.1 Å². The number of hydrogen-bond acceptors (Lipinski definition) is 4. The first-order chi connectivity index (χ1) is 8.79. The first-order valence-corrected chi connectivity index (χ1v) is 6.01. The number of hydrogen-bond donors (Lipinski definition) is 1. The van der Waals surface area contributed by atoms with E-state index in [9.17, 15) is 9.90 Å². The molecule has 0 radical (unpaired) electrons. The fraction of sp³-hybridized carbons (Fsp3) is 0.462. The number of furan rings is 1. The predicted molar refractivity (Wildman–Crippen MR) is 68.2 cm³/mol. The van der Waals surface area contributed by atoms with E-state index in [4.69, 9.17) is 4.42 Å². The minimum absolute atomic E-state index is 0.00391. The van der Waals surface area contributed by atoms with Crippen molar-refractivity contribution >= 4 is 5.97 Å². The second kappa shape index (κ2) is 4.53. The Morgan fingerprint density at radius 2 is 2.11 bits per heavy atom. The third-order valence-corrected chi connectivity index (χ3v) is 2.75. The summed E-state index contributed by atoms with van der Waals surface area (Å²) >= 11 is 0. The lowest BCUT2D eigenvalue weighted by Crippen LogP contribution is -2.22. The van der Waals surface area contributed by atoms with Crippen molar-refractivity contribution in [2.75, 3.05) is 0 Å². The number of nitrogens with zero attached hydrogens (tertiary/aromatic N) is 3.